The Morgan fingerprint density at radius 3 is 2.94 bits per heavy atom. The molecule has 0 radical (unpaired) electrons. The lowest BCUT2D eigenvalue weighted by molar-refractivity contribution is 0.929. The fraction of sp³-hybridized carbons (Fsp3) is 0.273. The van der Waals surface area contributed by atoms with E-state index in [1.807, 2.05) is 25.4 Å². The fourth-order valence-corrected chi connectivity index (χ4v) is 2.19. The number of nitrogens with one attached hydrogen (secondary N) is 1. The summed E-state index contributed by atoms with van der Waals surface area (Å²) in [4.78, 5) is 9.75. The maximum Gasteiger partial charge on any atom is 0.182 e. The summed E-state index contributed by atoms with van der Waals surface area (Å²) >= 11 is 1.68. The minimum Gasteiger partial charge on any atom is -0.384 e. The van der Waals surface area contributed by atoms with Crippen LogP contribution in [0.4, 0.5) is 10.9 Å². The Morgan fingerprint density at radius 2 is 2.25 bits per heavy atom. The molecule has 0 aromatic carbocycles. The second-order valence-electron chi connectivity index (χ2n) is 3.44. The quantitative estimate of drug-likeness (QED) is 0.848. The van der Waals surface area contributed by atoms with Gasteiger partial charge in [0, 0.05) is 23.8 Å². The van der Waals surface area contributed by atoms with Crippen LogP contribution < -0.4 is 11.1 Å². The Hall–Kier alpha value is -1.62. The smallest absolute Gasteiger partial charge is 0.182 e. The van der Waals surface area contributed by atoms with Gasteiger partial charge in [-0.25, -0.2) is 9.97 Å². The molecule has 0 amide bonds. The van der Waals surface area contributed by atoms with Crippen LogP contribution in [0.15, 0.2) is 24.4 Å². The minimum absolute atomic E-state index is 0.581. The number of thiazole rings is 1. The summed E-state index contributed by atoms with van der Waals surface area (Å²) in [6.07, 6.45) is 3.76. The van der Waals surface area contributed by atoms with Gasteiger partial charge in [-0.3, -0.25) is 0 Å². The first kappa shape index (κ1) is 10.9. The second-order valence-corrected chi connectivity index (χ2v) is 4.55. The topological polar surface area (TPSA) is 63.8 Å². The highest BCUT2D eigenvalue weighted by Gasteiger charge is 2.01. The van der Waals surface area contributed by atoms with Crippen LogP contribution in [-0.2, 0) is 12.8 Å². The van der Waals surface area contributed by atoms with Crippen LogP contribution in [0.5, 0.6) is 0 Å². The van der Waals surface area contributed by atoms with E-state index in [1.54, 1.807) is 17.4 Å². The average molecular weight is 234 g/mol. The Morgan fingerprint density at radius 1 is 1.38 bits per heavy atom. The van der Waals surface area contributed by atoms with Crippen molar-refractivity contribution >= 4 is 22.3 Å². The van der Waals surface area contributed by atoms with Gasteiger partial charge in [-0.1, -0.05) is 6.07 Å². The third-order valence-corrected chi connectivity index (χ3v) is 3.30. The van der Waals surface area contributed by atoms with Crippen molar-refractivity contribution in [2.24, 2.45) is 0 Å². The average Bonchev–Trinajstić information content (AvgIpc) is 2.74. The van der Waals surface area contributed by atoms with Crippen molar-refractivity contribution in [1.29, 1.82) is 0 Å². The lowest BCUT2D eigenvalue weighted by Gasteiger charge is -1.99. The second kappa shape index (κ2) is 4.94. The molecule has 2 rings (SSSR count). The summed E-state index contributed by atoms with van der Waals surface area (Å²) in [5, 5.41) is 3.98. The molecule has 0 fully saturated rings. The molecule has 0 saturated carbocycles. The number of aromatic nitrogens is 2. The van der Waals surface area contributed by atoms with Crippen molar-refractivity contribution in [2.75, 3.05) is 18.1 Å². The van der Waals surface area contributed by atoms with Gasteiger partial charge in [0.1, 0.15) is 5.82 Å². The summed E-state index contributed by atoms with van der Waals surface area (Å²) in [5.41, 5.74) is 6.65. The molecule has 2 aromatic rings. The Kier molecular flexibility index (Phi) is 3.36. The van der Waals surface area contributed by atoms with E-state index in [4.69, 9.17) is 5.73 Å². The van der Waals surface area contributed by atoms with Crippen LogP contribution in [0.2, 0.25) is 0 Å². The first-order valence-electron chi connectivity index (χ1n) is 5.12. The van der Waals surface area contributed by atoms with E-state index >= 15 is 0 Å². The van der Waals surface area contributed by atoms with E-state index in [0.717, 1.165) is 23.7 Å². The maximum absolute atomic E-state index is 5.62. The minimum atomic E-state index is 0.581. The number of nitrogen functional groups attached to an aromatic ring is 1. The van der Waals surface area contributed by atoms with E-state index in [1.165, 1.54) is 4.88 Å². The first-order chi connectivity index (χ1) is 7.78. The van der Waals surface area contributed by atoms with Crippen LogP contribution in [0.1, 0.15) is 10.6 Å². The number of anilines is 2. The molecule has 0 bridgehead atoms. The molecule has 2 aromatic heterocycles. The van der Waals surface area contributed by atoms with Crippen molar-refractivity contribution in [1.82, 2.24) is 9.97 Å². The molecule has 4 nitrogen and oxygen atoms in total. The SMILES string of the molecule is CNc1ncc(CCc2cccc(N)n2)s1. The van der Waals surface area contributed by atoms with Crippen LogP contribution in [-0.4, -0.2) is 17.0 Å². The summed E-state index contributed by atoms with van der Waals surface area (Å²) < 4.78 is 0. The lowest BCUT2D eigenvalue weighted by atomic mass is 10.2. The van der Waals surface area contributed by atoms with Gasteiger partial charge in [-0.2, -0.15) is 0 Å². The van der Waals surface area contributed by atoms with Crippen LogP contribution in [0, 0.1) is 0 Å². The maximum atomic E-state index is 5.62. The zero-order valence-corrected chi connectivity index (χ0v) is 9.92. The Bertz CT molecular complexity index is 467. The molecule has 2 heterocycles. The van der Waals surface area contributed by atoms with Crippen molar-refractivity contribution in [3.8, 4) is 0 Å². The van der Waals surface area contributed by atoms with Crippen molar-refractivity contribution in [3.63, 3.8) is 0 Å². The number of rotatable bonds is 4. The molecular weight excluding hydrogens is 220 g/mol. The van der Waals surface area contributed by atoms with Gasteiger partial charge in [-0.05, 0) is 25.0 Å². The van der Waals surface area contributed by atoms with E-state index in [0.29, 0.717) is 5.82 Å². The van der Waals surface area contributed by atoms with E-state index in [2.05, 4.69) is 15.3 Å². The molecule has 3 N–H and O–H groups in total. The number of hydrogen-bond donors (Lipinski definition) is 2. The predicted molar refractivity (Wildman–Crippen MR) is 67.7 cm³/mol. The van der Waals surface area contributed by atoms with Crippen LogP contribution >= 0.6 is 11.3 Å². The summed E-state index contributed by atoms with van der Waals surface area (Å²) in [6.45, 7) is 0. The summed E-state index contributed by atoms with van der Waals surface area (Å²) in [7, 11) is 1.88. The van der Waals surface area contributed by atoms with E-state index in [9.17, 15) is 0 Å². The lowest BCUT2D eigenvalue weighted by Crippen LogP contribution is -1.96. The molecule has 0 aliphatic rings. The molecule has 0 aliphatic carbocycles. The highest BCUT2D eigenvalue weighted by molar-refractivity contribution is 7.15. The van der Waals surface area contributed by atoms with Gasteiger partial charge < -0.3 is 11.1 Å². The number of nitrogens with two attached hydrogens (primary N) is 1. The predicted octanol–water partition coefficient (Wildman–Crippen LogP) is 1.95. The standard InChI is InChI=1S/C11H14N4S/c1-13-11-14-7-9(16-11)6-5-8-3-2-4-10(12)15-8/h2-4,7H,5-6H2,1H3,(H2,12,15)(H,13,14). The normalized spacial score (nSPS) is 10.3. The third kappa shape index (κ3) is 2.70. The molecule has 0 saturated heterocycles. The number of hydrogen-bond acceptors (Lipinski definition) is 5. The van der Waals surface area contributed by atoms with Crippen molar-refractivity contribution in [2.45, 2.75) is 12.8 Å². The third-order valence-electron chi connectivity index (χ3n) is 2.22. The van der Waals surface area contributed by atoms with Crippen molar-refractivity contribution < 1.29 is 0 Å². The molecule has 5 heteroatoms. The molecule has 0 spiro atoms. The largest absolute Gasteiger partial charge is 0.384 e. The first-order valence-corrected chi connectivity index (χ1v) is 5.93. The van der Waals surface area contributed by atoms with Crippen LogP contribution in [0.3, 0.4) is 0 Å². The zero-order chi connectivity index (χ0) is 11.4. The molecular formula is C11H14N4S. The highest BCUT2D eigenvalue weighted by atomic mass is 32.1. The Labute approximate surface area is 98.6 Å². The molecule has 0 atom stereocenters. The van der Waals surface area contributed by atoms with Gasteiger partial charge in [0.2, 0.25) is 0 Å². The van der Waals surface area contributed by atoms with E-state index in [-0.39, 0.29) is 0 Å². The summed E-state index contributed by atoms with van der Waals surface area (Å²) in [6, 6.07) is 5.73. The van der Waals surface area contributed by atoms with Gasteiger partial charge in [0.15, 0.2) is 5.13 Å². The van der Waals surface area contributed by atoms with Gasteiger partial charge in [-0.15, -0.1) is 11.3 Å². The highest BCUT2D eigenvalue weighted by Crippen LogP contribution is 2.18. The van der Waals surface area contributed by atoms with E-state index < -0.39 is 0 Å². The van der Waals surface area contributed by atoms with Crippen molar-refractivity contribution in [3.05, 3.63) is 35.0 Å². The van der Waals surface area contributed by atoms with Gasteiger partial charge in [0.05, 0.1) is 0 Å². The Balaban J connectivity index is 1.96. The number of aryl methyl sites for hydroxylation is 2. The monoisotopic (exact) mass is 234 g/mol. The van der Waals surface area contributed by atoms with Gasteiger partial charge >= 0.3 is 0 Å². The molecule has 84 valence electrons. The fourth-order valence-electron chi connectivity index (χ4n) is 1.43. The molecule has 0 aliphatic heterocycles. The molecule has 0 unspecified atom stereocenters. The van der Waals surface area contributed by atoms with Crippen LogP contribution in [0.25, 0.3) is 0 Å². The van der Waals surface area contributed by atoms with Gasteiger partial charge in [0.25, 0.3) is 0 Å². The number of pyridine rings is 1. The number of nitrogens with zero attached hydrogens (tertiary/aromatic N) is 2. The molecule has 16 heavy (non-hydrogen) atoms. The summed E-state index contributed by atoms with van der Waals surface area (Å²) in [5.74, 6) is 0.581. The zero-order valence-electron chi connectivity index (χ0n) is 9.10.